The molecule has 0 saturated heterocycles. The Bertz CT molecular complexity index is 254. The lowest BCUT2D eigenvalue weighted by Gasteiger charge is -2.15. The molecule has 0 aliphatic rings. The molecule has 0 saturated carbocycles. The first kappa shape index (κ1) is 8.86. The molecule has 4 N–H and O–H groups in total. The number of thiophene rings is 1. The summed E-state index contributed by atoms with van der Waals surface area (Å²) < 4.78 is 0. The average molecular weight is 184 g/mol. The zero-order valence-electron chi connectivity index (χ0n) is 6.90. The van der Waals surface area contributed by atoms with Gasteiger partial charge in [-0.15, -0.1) is 5.10 Å². The van der Waals surface area contributed by atoms with Gasteiger partial charge in [0.2, 0.25) is 5.96 Å². The third-order valence-corrected chi connectivity index (χ3v) is 2.26. The molecular weight excluding hydrogens is 172 g/mol. The first-order chi connectivity index (χ1) is 5.74. The van der Waals surface area contributed by atoms with Gasteiger partial charge in [0.1, 0.15) is 0 Å². The zero-order valence-corrected chi connectivity index (χ0v) is 7.71. The van der Waals surface area contributed by atoms with Crippen molar-refractivity contribution in [2.75, 3.05) is 7.05 Å². The lowest BCUT2D eigenvalue weighted by molar-refractivity contribution is 0.493. The van der Waals surface area contributed by atoms with E-state index in [1.807, 2.05) is 18.5 Å². The summed E-state index contributed by atoms with van der Waals surface area (Å²) >= 11 is 1.66. The smallest absolute Gasteiger partial charge is 0.213 e. The molecule has 0 unspecified atom stereocenters. The van der Waals surface area contributed by atoms with E-state index in [2.05, 4.69) is 10.5 Å². The van der Waals surface area contributed by atoms with E-state index in [0.717, 1.165) is 6.54 Å². The molecule has 1 aromatic rings. The van der Waals surface area contributed by atoms with Gasteiger partial charge in [0, 0.05) is 13.6 Å². The van der Waals surface area contributed by atoms with Crippen LogP contribution in [0, 0.1) is 0 Å². The van der Waals surface area contributed by atoms with Gasteiger partial charge in [-0.25, -0.2) is 0 Å². The van der Waals surface area contributed by atoms with E-state index < -0.39 is 0 Å². The van der Waals surface area contributed by atoms with Gasteiger partial charge in [0.25, 0.3) is 0 Å². The molecule has 0 aliphatic carbocycles. The highest BCUT2D eigenvalue weighted by Gasteiger charge is 2.01. The van der Waals surface area contributed by atoms with Gasteiger partial charge in [-0.05, 0) is 22.4 Å². The molecule has 0 spiro atoms. The Morgan fingerprint density at radius 1 is 1.75 bits per heavy atom. The molecule has 1 rings (SSSR count). The van der Waals surface area contributed by atoms with Gasteiger partial charge in [0.05, 0.1) is 0 Å². The summed E-state index contributed by atoms with van der Waals surface area (Å²) in [4.78, 5) is 1.79. The number of nitrogens with two attached hydrogens (primary N) is 2. The SMILES string of the molecule is CN(Cc1ccsc1)C(N)=NN. The Hall–Kier alpha value is -1.23. The fourth-order valence-electron chi connectivity index (χ4n) is 0.836. The third kappa shape index (κ3) is 2.13. The van der Waals surface area contributed by atoms with Crippen LogP contribution in [-0.4, -0.2) is 17.9 Å². The molecule has 5 heteroatoms. The summed E-state index contributed by atoms with van der Waals surface area (Å²) in [5.41, 5.74) is 6.70. The summed E-state index contributed by atoms with van der Waals surface area (Å²) in [7, 11) is 1.85. The van der Waals surface area contributed by atoms with E-state index in [4.69, 9.17) is 11.6 Å². The van der Waals surface area contributed by atoms with Crippen molar-refractivity contribution in [3.8, 4) is 0 Å². The van der Waals surface area contributed by atoms with Crippen LogP contribution in [0.2, 0.25) is 0 Å². The number of guanidine groups is 1. The van der Waals surface area contributed by atoms with Gasteiger partial charge < -0.3 is 16.5 Å². The van der Waals surface area contributed by atoms with Crippen LogP contribution >= 0.6 is 11.3 Å². The van der Waals surface area contributed by atoms with Gasteiger partial charge in [0.15, 0.2) is 0 Å². The standard InChI is InChI=1S/C7H12N4S/c1-11(7(8)10-9)4-6-2-3-12-5-6/h2-3,5H,4,9H2,1H3,(H2,8,10). The van der Waals surface area contributed by atoms with Gasteiger partial charge in [-0.3, -0.25) is 0 Å². The molecule has 0 radical (unpaired) electrons. The Morgan fingerprint density at radius 3 is 3.00 bits per heavy atom. The molecule has 12 heavy (non-hydrogen) atoms. The highest BCUT2D eigenvalue weighted by molar-refractivity contribution is 7.07. The van der Waals surface area contributed by atoms with Crippen molar-refractivity contribution in [3.05, 3.63) is 22.4 Å². The van der Waals surface area contributed by atoms with Crippen LogP contribution in [0.15, 0.2) is 21.9 Å². The second-order valence-corrected chi connectivity index (χ2v) is 3.25. The summed E-state index contributed by atoms with van der Waals surface area (Å²) in [5, 5.41) is 7.49. The quantitative estimate of drug-likeness (QED) is 0.302. The largest absolute Gasteiger partial charge is 0.368 e. The highest BCUT2D eigenvalue weighted by Crippen LogP contribution is 2.07. The second kappa shape index (κ2) is 3.96. The molecule has 1 aromatic heterocycles. The van der Waals surface area contributed by atoms with E-state index in [1.54, 1.807) is 16.2 Å². The minimum absolute atomic E-state index is 0.348. The molecule has 0 bridgehead atoms. The number of rotatable bonds is 2. The van der Waals surface area contributed by atoms with Crippen molar-refractivity contribution in [1.82, 2.24) is 4.90 Å². The average Bonchev–Trinajstić information content (AvgIpc) is 2.55. The van der Waals surface area contributed by atoms with Crippen LogP contribution in [0.4, 0.5) is 0 Å². The van der Waals surface area contributed by atoms with E-state index in [1.165, 1.54) is 5.56 Å². The monoisotopic (exact) mass is 184 g/mol. The maximum atomic E-state index is 5.49. The van der Waals surface area contributed by atoms with Crippen LogP contribution < -0.4 is 11.6 Å². The van der Waals surface area contributed by atoms with E-state index in [0.29, 0.717) is 5.96 Å². The predicted octanol–water partition coefficient (Wildman–Crippen LogP) is 0.368. The third-order valence-electron chi connectivity index (χ3n) is 1.52. The van der Waals surface area contributed by atoms with Crippen molar-refractivity contribution in [2.45, 2.75) is 6.54 Å². The first-order valence-corrected chi connectivity index (χ1v) is 4.44. The van der Waals surface area contributed by atoms with Gasteiger partial charge >= 0.3 is 0 Å². The molecule has 4 nitrogen and oxygen atoms in total. The minimum Gasteiger partial charge on any atom is -0.368 e. The number of nitrogens with zero attached hydrogens (tertiary/aromatic N) is 2. The molecule has 0 atom stereocenters. The normalized spacial score (nSPS) is 11.6. The van der Waals surface area contributed by atoms with Crippen LogP contribution in [-0.2, 0) is 6.54 Å². The number of hydrogen-bond acceptors (Lipinski definition) is 3. The van der Waals surface area contributed by atoms with Crippen molar-refractivity contribution in [2.24, 2.45) is 16.7 Å². The zero-order chi connectivity index (χ0) is 8.97. The highest BCUT2D eigenvalue weighted by atomic mass is 32.1. The maximum absolute atomic E-state index is 5.49. The van der Waals surface area contributed by atoms with Crippen molar-refractivity contribution >= 4 is 17.3 Å². The fraction of sp³-hybridized carbons (Fsp3) is 0.286. The number of hydrazone groups is 1. The topological polar surface area (TPSA) is 67.6 Å². The fourth-order valence-corrected chi connectivity index (χ4v) is 1.50. The van der Waals surface area contributed by atoms with Crippen molar-refractivity contribution in [3.63, 3.8) is 0 Å². The summed E-state index contributed by atoms with van der Waals surface area (Å²) in [6.45, 7) is 0.746. The van der Waals surface area contributed by atoms with Crippen LogP contribution in [0.1, 0.15) is 5.56 Å². The maximum Gasteiger partial charge on any atom is 0.213 e. The Balaban J connectivity index is 2.53. The van der Waals surface area contributed by atoms with Crippen molar-refractivity contribution in [1.29, 1.82) is 0 Å². The molecule has 0 fully saturated rings. The Kier molecular flexibility index (Phi) is 2.93. The van der Waals surface area contributed by atoms with Crippen LogP contribution in [0.25, 0.3) is 0 Å². The van der Waals surface area contributed by atoms with Crippen LogP contribution in [0.5, 0.6) is 0 Å². The first-order valence-electron chi connectivity index (χ1n) is 3.49. The van der Waals surface area contributed by atoms with Gasteiger partial charge in [-0.1, -0.05) is 0 Å². The lowest BCUT2D eigenvalue weighted by atomic mass is 10.3. The van der Waals surface area contributed by atoms with E-state index >= 15 is 0 Å². The molecule has 66 valence electrons. The number of hydrogen-bond donors (Lipinski definition) is 2. The molecule has 1 heterocycles. The Labute approximate surface area is 75.5 Å². The van der Waals surface area contributed by atoms with Crippen LogP contribution in [0.3, 0.4) is 0 Å². The molecule has 0 aromatic carbocycles. The lowest BCUT2D eigenvalue weighted by Crippen LogP contribution is -2.34. The molecule has 0 aliphatic heterocycles. The summed E-state index contributed by atoms with van der Waals surface area (Å²) in [5.74, 6) is 5.37. The summed E-state index contributed by atoms with van der Waals surface area (Å²) in [6, 6.07) is 2.05. The molecular formula is C7H12N4S. The predicted molar refractivity (Wildman–Crippen MR) is 51.6 cm³/mol. The van der Waals surface area contributed by atoms with Gasteiger partial charge in [-0.2, -0.15) is 11.3 Å². The van der Waals surface area contributed by atoms with Crippen molar-refractivity contribution < 1.29 is 0 Å². The molecule has 0 amide bonds. The second-order valence-electron chi connectivity index (χ2n) is 2.47. The Morgan fingerprint density at radius 2 is 2.50 bits per heavy atom. The van der Waals surface area contributed by atoms with E-state index in [-0.39, 0.29) is 0 Å². The minimum atomic E-state index is 0.348. The van der Waals surface area contributed by atoms with E-state index in [9.17, 15) is 0 Å². The summed E-state index contributed by atoms with van der Waals surface area (Å²) in [6.07, 6.45) is 0.